The number of hydrogen-bond donors (Lipinski definition) is 10. The zero-order chi connectivity index (χ0) is 18.6. The maximum Gasteiger partial charge on any atom is 0.173 e. The van der Waals surface area contributed by atoms with Crippen LogP contribution < -0.4 is 11.5 Å². The van der Waals surface area contributed by atoms with Crippen LogP contribution in [-0.2, 0) is 9.47 Å². The van der Waals surface area contributed by atoms with E-state index in [4.69, 9.17) is 41.4 Å². The molecule has 2 fully saturated rings. The van der Waals surface area contributed by atoms with Crippen LogP contribution in [0.25, 0.3) is 0 Å². The van der Waals surface area contributed by atoms with Gasteiger partial charge in [-0.25, -0.2) is 0 Å². The molecule has 144 valence electrons. The fraction of sp³-hybridized carbons (Fsp3) is 1.00. The van der Waals surface area contributed by atoms with E-state index in [-0.39, 0.29) is 0 Å². The second-order valence-electron chi connectivity index (χ2n) is 5.61. The molecule has 0 bridgehead atoms. The summed E-state index contributed by atoms with van der Waals surface area (Å²) >= 11 is 0. The first-order chi connectivity index (χ1) is 11.1. The Morgan fingerprint density at radius 3 is 1.12 bits per heavy atom. The van der Waals surface area contributed by atoms with Crippen molar-refractivity contribution in [3.63, 3.8) is 0 Å². The number of aliphatic hydroxyl groups is 8. The van der Waals surface area contributed by atoms with Crippen LogP contribution in [0, 0.1) is 0 Å². The fourth-order valence-corrected chi connectivity index (χ4v) is 2.24. The van der Waals surface area contributed by atoms with Gasteiger partial charge in [-0.05, 0) is 0 Å². The molecule has 0 spiro atoms. The molecule has 0 radical (unpaired) electrons. The average Bonchev–Trinajstić information content (AvgIpc) is 2.58. The highest BCUT2D eigenvalue weighted by Crippen LogP contribution is 2.18. The Kier molecular flexibility index (Phi) is 8.34. The molecule has 0 aromatic heterocycles. The molecule has 2 aliphatic rings. The first kappa shape index (κ1) is 21.6. The van der Waals surface area contributed by atoms with Crippen molar-refractivity contribution in [2.45, 2.75) is 61.3 Å². The van der Waals surface area contributed by atoms with Gasteiger partial charge in [-0.1, -0.05) is 0 Å². The monoisotopic (exact) mass is 358 g/mol. The third-order valence-corrected chi connectivity index (χ3v) is 3.90. The minimum absolute atomic E-state index is 0.470. The second kappa shape index (κ2) is 9.28. The smallest absolute Gasteiger partial charge is 0.173 e. The van der Waals surface area contributed by atoms with Crippen molar-refractivity contribution in [3.8, 4) is 0 Å². The van der Waals surface area contributed by atoms with Crippen LogP contribution in [0.5, 0.6) is 0 Å². The molecule has 0 aromatic carbocycles. The molecule has 2 aliphatic heterocycles. The SMILES string of the molecule is N[C@@H]1[C@@H](O)[C@H](O)[C@@H](CO)O[C@H]1O.N[C@H]1C(O)O[C@H](CO)[C@@H](O)[C@@H]1O. The number of rotatable bonds is 2. The van der Waals surface area contributed by atoms with Crippen LogP contribution in [0.1, 0.15) is 0 Å². The summed E-state index contributed by atoms with van der Waals surface area (Å²) in [7, 11) is 0. The predicted molar refractivity (Wildman–Crippen MR) is 75.9 cm³/mol. The lowest BCUT2D eigenvalue weighted by molar-refractivity contribution is -0.248. The minimum atomic E-state index is -1.35. The van der Waals surface area contributed by atoms with Crippen LogP contribution >= 0.6 is 0 Å². The van der Waals surface area contributed by atoms with E-state index < -0.39 is 74.5 Å². The van der Waals surface area contributed by atoms with Gasteiger partial charge in [0.15, 0.2) is 12.6 Å². The predicted octanol–water partition coefficient (Wildman–Crippen LogP) is -6.51. The Labute approximate surface area is 137 Å². The Morgan fingerprint density at radius 2 is 0.875 bits per heavy atom. The lowest BCUT2D eigenvalue weighted by Gasteiger charge is -2.38. The van der Waals surface area contributed by atoms with Gasteiger partial charge in [0.25, 0.3) is 0 Å². The van der Waals surface area contributed by atoms with Gasteiger partial charge in [0.2, 0.25) is 0 Å². The largest absolute Gasteiger partial charge is 0.394 e. The summed E-state index contributed by atoms with van der Waals surface area (Å²) in [6, 6.07) is -2.08. The van der Waals surface area contributed by atoms with Gasteiger partial charge in [-0.3, -0.25) is 0 Å². The molecule has 24 heavy (non-hydrogen) atoms. The lowest BCUT2D eigenvalue weighted by Crippen LogP contribution is -2.61. The van der Waals surface area contributed by atoms with Crippen molar-refractivity contribution in [2.24, 2.45) is 11.5 Å². The van der Waals surface area contributed by atoms with E-state index in [1.807, 2.05) is 0 Å². The van der Waals surface area contributed by atoms with Crippen LogP contribution in [0.4, 0.5) is 0 Å². The lowest BCUT2D eigenvalue weighted by atomic mass is 9.98. The minimum Gasteiger partial charge on any atom is -0.394 e. The summed E-state index contributed by atoms with van der Waals surface area (Å²) in [5.41, 5.74) is 10.5. The summed E-state index contributed by atoms with van der Waals surface area (Å²) in [5, 5.41) is 72.1. The van der Waals surface area contributed by atoms with Gasteiger partial charge >= 0.3 is 0 Å². The van der Waals surface area contributed by atoms with Crippen molar-refractivity contribution in [3.05, 3.63) is 0 Å². The molecule has 12 nitrogen and oxygen atoms in total. The molecule has 0 amide bonds. The Bertz CT molecular complexity index is 334. The Hall–Kier alpha value is -0.480. The van der Waals surface area contributed by atoms with Gasteiger partial charge in [0.1, 0.15) is 36.6 Å². The van der Waals surface area contributed by atoms with Gasteiger partial charge in [0.05, 0.1) is 25.3 Å². The number of nitrogens with two attached hydrogens (primary N) is 2. The highest BCUT2D eigenvalue weighted by atomic mass is 16.6. The van der Waals surface area contributed by atoms with E-state index in [0.717, 1.165) is 0 Å². The third kappa shape index (κ3) is 4.78. The molecule has 12 heteroatoms. The Balaban J connectivity index is 0.000000240. The molecule has 0 aromatic rings. The van der Waals surface area contributed by atoms with Crippen LogP contribution in [-0.4, -0.2) is 115 Å². The van der Waals surface area contributed by atoms with Crippen LogP contribution in [0.2, 0.25) is 0 Å². The normalized spacial score (nSPS) is 49.2. The highest BCUT2D eigenvalue weighted by molar-refractivity contribution is 4.91. The molecule has 2 heterocycles. The van der Waals surface area contributed by atoms with Gasteiger partial charge < -0.3 is 61.8 Å². The molecule has 10 atom stereocenters. The zero-order valence-electron chi connectivity index (χ0n) is 12.7. The van der Waals surface area contributed by atoms with E-state index in [2.05, 4.69) is 0 Å². The van der Waals surface area contributed by atoms with Crippen molar-refractivity contribution in [1.82, 2.24) is 0 Å². The molecule has 0 aliphatic carbocycles. The fourth-order valence-electron chi connectivity index (χ4n) is 2.24. The molecule has 2 saturated heterocycles. The summed E-state index contributed by atoms with van der Waals surface area (Å²) in [6.07, 6.45) is -9.70. The molecule has 1 unspecified atom stereocenters. The average molecular weight is 358 g/mol. The molecular weight excluding hydrogens is 332 g/mol. The van der Waals surface area contributed by atoms with Crippen molar-refractivity contribution in [1.29, 1.82) is 0 Å². The molecule has 2 rings (SSSR count). The molecule has 0 saturated carbocycles. The molecular formula is C12H26N2O10. The second-order valence-corrected chi connectivity index (χ2v) is 5.61. The number of hydrogen-bond acceptors (Lipinski definition) is 12. The van der Waals surface area contributed by atoms with Crippen molar-refractivity contribution >= 4 is 0 Å². The summed E-state index contributed by atoms with van der Waals surface area (Å²) < 4.78 is 9.40. The van der Waals surface area contributed by atoms with Gasteiger partial charge in [-0.2, -0.15) is 0 Å². The summed E-state index contributed by atoms with van der Waals surface area (Å²) in [5.74, 6) is 0. The Morgan fingerprint density at radius 1 is 0.583 bits per heavy atom. The maximum absolute atomic E-state index is 9.20. The first-order valence-electron chi connectivity index (χ1n) is 7.27. The van der Waals surface area contributed by atoms with Crippen LogP contribution in [0.3, 0.4) is 0 Å². The highest BCUT2D eigenvalue weighted by Gasteiger charge is 2.42. The number of ether oxygens (including phenoxy) is 2. The van der Waals surface area contributed by atoms with Crippen LogP contribution in [0.15, 0.2) is 0 Å². The van der Waals surface area contributed by atoms with Gasteiger partial charge in [-0.15, -0.1) is 0 Å². The van der Waals surface area contributed by atoms with E-state index >= 15 is 0 Å². The summed E-state index contributed by atoms with van der Waals surface area (Å²) in [4.78, 5) is 0. The van der Waals surface area contributed by atoms with Gasteiger partial charge in [0, 0.05) is 0 Å². The van der Waals surface area contributed by atoms with E-state index in [9.17, 15) is 20.4 Å². The maximum atomic E-state index is 9.20. The third-order valence-electron chi connectivity index (χ3n) is 3.90. The number of aliphatic hydroxyl groups excluding tert-OH is 8. The van der Waals surface area contributed by atoms with E-state index in [0.29, 0.717) is 0 Å². The quantitative estimate of drug-likeness (QED) is 0.222. The first-order valence-corrected chi connectivity index (χ1v) is 7.27. The van der Waals surface area contributed by atoms with E-state index in [1.165, 1.54) is 0 Å². The topological polar surface area (TPSA) is 232 Å². The standard InChI is InChI=1S/2C6H13NO5/c2*7-3-5(10)4(9)2(1-8)12-6(3)11/h2*2-6,8-11H,1,7H2/t2-,3-,4-,5-,6?;2-,3-,4-,5-,6-/m11/s1. The zero-order valence-corrected chi connectivity index (χ0v) is 12.7. The van der Waals surface area contributed by atoms with Crippen molar-refractivity contribution in [2.75, 3.05) is 13.2 Å². The summed E-state index contributed by atoms with van der Waals surface area (Å²) in [6.45, 7) is -0.940. The van der Waals surface area contributed by atoms with Crippen molar-refractivity contribution < 1.29 is 50.3 Å². The van der Waals surface area contributed by atoms with E-state index in [1.54, 1.807) is 0 Å². The molecule has 12 N–H and O–H groups in total.